The van der Waals surface area contributed by atoms with Crippen LogP contribution in [0.1, 0.15) is 32.5 Å². The Labute approximate surface area is 190 Å². The van der Waals surface area contributed by atoms with Crippen molar-refractivity contribution in [2.75, 3.05) is 7.11 Å². The molecule has 4 nitrogen and oxygen atoms in total. The molecule has 0 aliphatic carbocycles. The number of rotatable bonds is 5. The van der Waals surface area contributed by atoms with Gasteiger partial charge in [-0.05, 0) is 35.9 Å². The van der Waals surface area contributed by atoms with E-state index in [0.717, 1.165) is 26.4 Å². The molecule has 0 saturated heterocycles. The maximum absolute atomic E-state index is 12.8. The lowest BCUT2D eigenvalue weighted by molar-refractivity contribution is 0.104. The topological polar surface area (TPSA) is 55.8 Å². The van der Waals surface area contributed by atoms with Gasteiger partial charge in [-0.1, -0.05) is 60.7 Å². The van der Waals surface area contributed by atoms with E-state index in [9.17, 15) is 9.90 Å². The lowest BCUT2D eigenvalue weighted by Gasteiger charge is -2.23. The smallest absolute Gasteiger partial charge is 0.186 e. The van der Waals surface area contributed by atoms with Crippen LogP contribution in [-0.4, -0.2) is 18.0 Å². The van der Waals surface area contributed by atoms with Crippen molar-refractivity contribution >= 4 is 23.2 Å². The molecule has 4 aromatic rings. The summed E-state index contributed by atoms with van der Waals surface area (Å²) in [7, 11) is 1.57. The SMILES string of the molecule is COc1cccc(C(=O)/C=C/c2sc(-c3ccccc3)c3c2Oc2ccccc2C3O)c1. The zero-order valence-corrected chi connectivity index (χ0v) is 18.1. The van der Waals surface area contributed by atoms with E-state index in [-0.39, 0.29) is 5.78 Å². The molecule has 1 aliphatic rings. The highest BCUT2D eigenvalue weighted by atomic mass is 32.1. The van der Waals surface area contributed by atoms with Gasteiger partial charge in [-0.3, -0.25) is 4.79 Å². The van der Waals surface area contributed by atoms with Crippen molar-refractivity contribution in [3.63, 3.8) is 0 Å². The zero-order chi connectivity index (χ0) is 22.1. The normalized spacial score (nSPS) is 14.5. The van der Waals surface area contributed by atoms with Crippen LogP contribution >= 0.6 is 11.3 Å². The van der Waals surface area contributed by atoms with Crippen LogP contribution in [0.25, 0.3) is 16.5 Å². The molecule has 5 rings (SSSR count). The van der Waals surface area contributed by atoms with Crippen LogP contribution in [0, 0.1) is 0 Å². The molecule has 0 radical (unpaired) electrons. The molecule has 1 aliphatic heterocycles. The molecule has 1 N–H and O–H groups in total. The maximum atomic E-state index is 12.8. The number of aliphatic hydroxyl groups excluding tert-OH is 1. The van der Waals surface area contributed by atoms with Crippen molar-refractivity contribution in [1.82, 2.24) is 0 Å². The second kappa shape index (κ2) is 8.46. The van der Waals surface area contributed by atoms with Crippen LogP contribution in [0.3, 0.4) is 0 Å². The van der Waals surface area contributed by atoms with Gasteiger partial charge in [0.15, 0.2) is 11.5 Å². The molecule has 0 bridgehead atoms. The number of ether oxygens (including phenoxy) is 2. The Morgan fingerprint density at radius 3 is 2.62 bits per heavy atom. The summed E-state index contributed by atoms with van der Waals surface area (Å²) < 4.78 is 11.4. The first kappa shape index (κ1) is 20.2. The molecule has 3 aromatic carbocycles. The van der Waals surface area contributed by atoms with Gasteiger partial charge in [-0.2, -0.15) is 0 Å². The Morgan fingerprint density at radius 2 is 1.81 bits per heavy atom. The standard InChI is InChI=1S/C27H20O4S/c1-30-19-11-7-10-18(16-19)21(28)14-15-23-26-24(27(32-23)17-8-3-2-4-9-17)25(29)20-12-5-6-13-22(20)31-26/h2-16,25,29H,1H3/b15-14+. The fourth-order valence-electron chi connectivity index (χ4n) is 3.80. The van der Waals surface area contributed by atoms with E-state index < -0.39 is 6.10 Å². The number of ketones is 1. The van der Waals surface area contributed by atoms with E-state index in [1.807, 2.05) is 54.6 Å². The van der Waals surface area contributed by atoms with Gasteiger partial charge < -0.3 is 14.6 Å². The average molecular weight is 441 g/mol. The summed E-state index contributed by atoms with van der Waals surface area (Å²) in [6.07, 6.45) is 2.49. The predicted molar refractivity (Wildman–Crippen MR) is 127 cm³/mol. The number of carbonyl (C=O) groups excluding carboxylic acids is 1. The molecule has 32 heavy (non-hydrogen) atoms. The molecule has 5 heteroatoms. The van der Waals surface area contributed by atoms with Crippen LogP contribution in [0.2, 0.25) is 0 Å². The minimum absolute atomic E-state index is 0.135. The first-order chi connectivity index (χ1) is 15.7. The second-order valence-corrected chi connectivity index (χ2v) is 8.43. The number of hydrogen-bond acceptors (Lipinski definition) is 5. The van der Waals surface area contributed by atoms with Crippen molar-refractivity contribution in [3.8, 4) is 27.7 Å². The quantitative estimate of drug-likeness (QED) is 0.284. The highest BCUT2D eigenvalue weighted by molar-refractivity contribution is 7.17. The van der Waals surface area contributed by atoms with Gasteiger partial charge in [-0.15, -0.1) is 11.3 Å². The average Bonchev–Trinajstić information content (AvgIpc) is 3.22. The fraction of sp³-hybridized carbons (Fsp3) is 0.0741. The van der Waals surface area contributed by atoms with E-state index >= 15 is 0 Å². The van der Waals surface area contributed by atoms with E-state index in [1.54, 1.807) is 37.5 Å². The number of thiophene rings is 1. The van der Waals surface area contributed by atoms with Crippen molar-refractivity contribution in [3.05, 3.63) is 107 Å². The van der Waals surface area contributed by atoms with Gasteiger partial charge in [0.05, 0.1) is 12.0 Å². The third-order valence-electron chi connectivity index (χ3n) is 5.40. The molecule has 0 amide bonds. The highest BCUT2D eigenvalue weighted by Gasteiger charge is 2.32. The monoisotopic (exact) mass is 440 g/mol. The minimum Gasteiger partial charge on any atom is -0.497 e. The summed E-state index contributed by atoms with van der Waals surface area (Å²) in [6, 6.07) is 24.4. The summed E-state index contributed by atoms with van der Waals surface area (Å²) in [6.45, 7) is 0. The molecule has 1 atom stereocenters. The maximum Gasteiger partial charge on any atom is 0.186 e. The minimum atomic E-state index is -0.808. The van der Waals surface area contributed by atoms with Crippen molar-refractivity contribution in [1.29, 1.82) is 0 Å². The van der Waals surface area contributed by atoms with Crippen molar-refractivity contribution < 1.29 is 19.4 Å². The van der Waals surface area contributed by atoms with Gasteiger partial charge in [0.25, 0.3) is 0 Å². The molecule has 0 spiro atoms. The number of allylic oxidation sites excluding steroid dienone is 1. The number of hydrogen-bond donors (Lipinski definition) is 1. The molecule has 0 fully saturated rings. The van der Waals surface area contributed by atoms with Crippen molar-refractivity contribution in [2.45, 2.75) is 6.10 Å². The van der Waals surface area contributed by atoms with Gasteiger partial charge >= 0.3 is 0 Å². The lowest BCUT2D eigenvalue weighted by atomic mass is 9.95. The van der Waals surface area contributed by atoms with Crippen LogP contribution in [0.15, 0.2) is 84.9 Å². The zero-order valence-electron chi connectivity index (χ0n) is 17.3. The summed E-state index contributed by atoms with van der Waals surface area (Å²) in [5, 5.41) is 11.2. The van der Waals surface area contributed by atoms with Crippen LogP contribution in [-0.2, 0) is 0 Å². The molecular weight excluding hydrogens is 420 g/mol. The van der Waals surface area contributed by atoms with E-state index in [4.69, 9.17) is 9.47 Å². The van der Waals surface area contributed by atoms with Gasteiger partial charge in [0.1, 0.15) is 17.6 Å². The molecule has 1 aromatic heterocycles. The Hall–Kier alpha value is -3.67. The number of aliphatic hydroxyl groups is 1. The van der Waals surface area contributed by atoms with Gasteiger partial charge in [0.2, 0.25) is 0 Å². The summed E-state index contributed by atoms with van der Waals surface area (Å²) in [5.41, 5.74) is 3.00. The van der Waals surface area contributed by atoms with Crippen LogP contribution in [0.5, 0.6) is 17.2 Å². The number of carbonyl (C=O) groups is 1. The summed E-state index contributed by atoms with van der Waals surface area (Å²) in [5.74, 6) is 1.71. The first-order valence-electron chi connectivity index (χ1n) is 10.2. The number of fused-ring (bicyclic) bond motifs is 2. The molecule has 158 valence electrons. The van der Waals surface area contributed by atoms with E-state index in [0.29, 0.717) is 22.8 Å². The Kier molecular flexibility index (Phi) is 5.35. The Balaban J connectivity index is 1.58. The van der Waals surface area contributed by atoms with Crippen molar-refractivity contribution in [2.24, 2.45) is 0 Å². The number of benzene rings is 3. The second-order valence-electron chi connectivity index (χ2n) is 7.38. The van der Waals surface area contributed by atoms with Crippen LogP contribution in [0.4, 0.5) is 0 Å². The third kappa shape index (κ3) is 3.62. The van der Waals surface area contributed by atoms with Crippen LogP contribution < -0.4 is 9.47 Å². The molecule has 2 heterocycles. The molecule has 0 saturated carbocycles. The Morgan fingerprint density at radius 1 is 1.03 bits per heavy atom. The Bertz CT molecular complexity index is 1320. The first-order valence-corrected chi connectivity index (χ1v) is 11.0. The third-order valence-corrected chi connectivity index (χ3v) is 6.60. The van der Waals surface area contributed by atoms with Gasteiger partial charge in [0, 0.05) is 21.6 Å². The summed E-state index contributed by atoms with van der Waals surface area (Å²) >= 11 is 1.50. The van der Waals surface area contributed by atoms with Gasteiger partial charge in [-0.25, -0.2) is 0 Å². The fourth-order valence-corrected chi connectivity index (χ4v) is 4.97. The van der Waals surface area contributed by atoms with E-state index in [2.05, 4.69) is 0 Å². The summed E-state index contributed by atoms with van der Waals surface area (Å²) in [4.78, 5) is 14.5. The highest BCUT2D eigenvalue weighted by Crippen LogP contribution is 2.53. The lowest BCUT2D eigenvalue weighted by Crippen LogP contribution is -2.09. The number of para-hydroxylation sites is 1. The molecular formula is C27H20O4S. The predicted octanol–water partition coefficient (Wildman–Crippen LogP) is 6.51. The molecule has 1 unspecified atom stereocenters. The largest absolute Gasteiger partial charge is 0.497 e. The number of methoxy groups -OCH3 is 1. The van der Waals surface area contributed by atoms with E-state index in [1.165, 1.54) is 17.4 Å².